The van der Waals surface area contributed by atoms with Crippen LogP contribution in [0.4, 0.5) is 0 Å². The normalized spacial score (nSPS) is 13.9. The standard InChI is InChI=1S/C33H33NS/c1-32(2,3)18-20-11-12-24-22(15-20)17-28-29-25(24)13-14-34-30(29)26-16-21-9-7-8-10-23(21)27(31(26)35-28)19-33(4,5)6/h7-17H,18-19H2,1-6H3/i14D. The molecule has 35 heavy (non-hydrogen) atoms. The highest BCUT2D eigenvalue weighted by Crippen LogP contribution is 2.52. The second-order valence-corrected chi connectivity index (χ2v) is 13.5. The summed E-state index contributed by atoms with van der Waals surface area (Å²) in [5.74, 6) is 0. The summed E-state index contributed by atoms with van der Waals surface area (Å²) in [7, 11) is 0. The lowest BCUT2D eigenvalue weighted by atomic mass is 9.84. The summed E-state index contributed by atoms with van der Waals surface area (Å²) in [5.41, 5.74) is 5.29. The quantitative estimate of drug-likeness (QED) is 0.231. The second kappa shape index (κ2) is 7.83. The van der Waals surface area contributed by atoms with Crippen molar-refractivity contribution in [2.24, 2.45) is 10.8 Å². The molecule has 0 saturated carbocycles. The molecule has 176 valence electrons. The molecule has 4 aromatic carbocycles. The van der Waals surface area contributed by atoms with Gasteiger partial charge in [-0.05, 0) is 79.9 Å². The van der Waals surface area contributed by atoms with Crippen LogP contribution in [0.2, 0.25) is 0 Å². The molecule has 0 saturated heterocycles. The van der Waals surface area contributed by atoms with Gasteiger partial charge >= 0.3 is 0 Å². The Labute approximate surface area is 214 Å². The van der Waals surface area contributed by atoms with Crippen LogP contribution >= 0.6 is 11.8 Å². The van der Waals surface area contributed by atoms with Crippen LogP contribution in [0, 0.1) is 10.8 Å². The van der Waals surface area contributed by atoms with E-state index in [2.05, 4.69) is 96.1 Å². The van der Waals surface area contributed by atoms with Crippen molar-refractivity contribution in [3.05, 3.63) is 78.0 Å². The monoisotopic (exact) mass is 476 g/mol. The Kier molecular flexibility index (Phi) is 4.80. The molecular formula is C33H33NS. The minimum atomic E-state index is 0.157. The Balaban J connectivity index is 1.67. The molecule has 0 fully saturated rings. The van der Waals surface area contributed by atoms with Gasteiger partial charge in [-0.15, -0.1) is 0 Å². The van der Waals surface area contributed by atoms with Crippen LogP contribution in [0.15, 0.2) is 76.6 Å². The Morgan fingerprint density at radius 2 is 1.54 bits per heavy atom. The second-order valence-electron chi connectivity index (χ2n) is 12.5. The summed E-state index contributed by atoms with van der Waals surface area (Å²) in [6.07, 6.45) is 2.36. The fraction of sp³-hybridized carbons (Fsp3) is 0.303. The molecule has 1 aliphatic heterocycles. The molecule has 1 aliphatic rings. The predicted octanol–water partition coefficient (Wildman–Crippen LogP) is 9.85. The van der Waals surface area contributed by atoms with Crippen molar-refractivity contribution in [2.75, 3.05) is 0 Å². The number of hydrogen-bond acceptors (Lipinski definition) is 2. The highest BCUT2D eigenvalue weighted by molar-refractivity contribution is 8.00. The maximum absolute atomic E-state index is 8.64. The summed E-state index contributed by atoms with van der Waals surface area (Å²) in [5, 5.41) is 7.37. The van der Waals surface area contributed by atoms with Crippen molar-refractivity contribution >= 4 is 44.1 Å². The molecule has 0 amide bonds. The fourth-order valence-electron chi connectivity index (χ4n) is 5.58. The van der Waals surface area contributed by atoms with Crippen molar-refractivity contribution in [3.63, 3.8) is 0 Å². The summed E-state index contributed by atoms with van der Waals surface area (Å²) in [4.78, 5) is 7.41. The summed E-state index contributed by atoms with van der Waals surface area (Å²) in [6, 6.07) is 22.2. The SMILES string of the molecule is [2H]c1cc2c3c(cc4cc(CC(C)(C)C)ccc42)Sc2c(cc4ccccc4c2CC(C)(C)C)-c3n1. The van der Waals surface area contributed by atoms with Crippen molar-refractivity contribution < 1.29 is 1.37 Å². The van der Waals surface area contributed by atoms with Crippen molar-refractivity contribution in [1.29, 1.82) is 0 Å². The van der Waals surface area contributed by atoms with E-state index in [0.717, 1.165) is 23.9 Å². The maximum atomic E-state index is 8.64. The van der Waals surface area contributed by atoms with Gasteiger partial charge in [-0.1, -0.05) is 95.8 Å². The van der Waals surface area contributed by atoms with Gasteiger partial charge in [0.1, 0.15) is 0 Å². The topological polar surface area (TPSA) is 12.9 Å². The first kappa shape index (κ1) is 21.4. The third-order valence-electron chi connectivity index (χ3n) is 6.84. The van der Waals surface area contributed by atoms with E-state index >= 15 is 0 Å². The van der Waals surface area contributed by atoms with Gasteiger partial charge in [0, 0.05) is 26.9 Å². The summed E-state index contributed by atoms with van der Waals surface area (Å²) < 4.78 is 8.64. The van der Waals surface area contributed by atoms with Crippen LogP contribution in [0.5, 0.6) is 0 Å². The Hall–Kier alpha value is -2.84. The van der Waals surface area contributed by atoms with Gasteiger partial charge in [-0.25, -0.2) is 0 Å². The van der Waals surface area contributed by atoms with E-state index in [4.69, 9.17) is 6.35 Å². The molecule has 0 N–H and O–H groups in total. The Morgan fingerprint density at radius 3 is 2.31 bits per heavy atom. The van der Waals surface area contributed by atoms with Crippen LogP contribution in [-0.4, -0.2) is 4.98 Å². The minimum Gasteiger partial charge on any atom is -0.256 e. The van der Waals surface area contributed by atoms with E-state index in [1.807, 2.05) is 17.8 Å². The molecule has 2 heterocycles. The molecule has 5 aromatic rings. The lowest BCUT2D eigenvalue weighted by Crippen LogP contribution is -2.12. The molecule has 0 unspecified atom stereocenters. The van der Waals surface area contributed by atoms with Gasteiger partial charge < -0.3 is 0 Å². The molecule has 0 bridgehead atoms. The molecule has 0 radical (unpaired) electrons. The molecule has 0 spiro atoms. The molecule has 2 heteroatoms. The first-order chi connectivity index (χ1) is 17.0. The van der Waals surface area contributed by atoms with Crippen LogP contribution < -0.4 is 0 Å². The summed E-state index contributed by atoms with van der Waals surface area (Å²) >= 11 is 1.90. The van der Waals surface area contributed by atoms with Gasteiger partial charge in [0.05, 0.1) is 7.06 Å². The lowest BCUT2D eigenvalue weighted by molar-refractivity contribution is 0.410. The number of pyridine rings is 1. The van der Waals surface area contributed by atoms with Crippen molar-refractivity contribution in [2.45, 2.75) is 64.2 Å². The van der Waals surface area contributed by atoms with E-state index in [1.54, 1.807) is 0 Å². The average molecular weight is 477 g/mol. The van der Waals surface area contributed by atoms with Crippen LogP contribution in [-0.2, 0) is 12.8 Å². The third kappa shape index (κ3) is 4.02. The predicted molar refractivity (Wildman–Crippen MR) is 153 cm³/mol. The first-order valence-corrected chi connectivity index (χ1v) is 13.4. The van der Waals surface area contributed by atoms with E-state index in [1.165, 1.54) is 53.4 Å². The van der Waals surface area contributed by atoms with Gasteiger partial charge in [0.25, 0.3) is 0 Å². The molecule has 0 atom stereocenters. The zero-order chi connectivity index (χ0) is 25.4. The Bertz CT molecular complexity index is 1690. The van der Waals surface area contributed by atoms with Gasteiger partial charge in [-0.3, -0.25) is 4.98 Å². The molecular weight excluding hydrogens is 442 g/mol. The highest BCUT2D eigenvalue weighted by Gasteiger charge is 2.27. The number of hydrogen-bond donors (Lipinski definition) is 0. The van der Waals surface area contributed by atoms with E-state index < -0.39 is 0 Å². The minimum absolute atomic E-state index is 0.157. The summed E-state index contributed by atoms with van der Waals surface area (Å²) in [6.45, 7) is 13.8. The van der Waals surface area contributed by atoms with Crippen molar-refractivity contribution in [1.82, 2.24) is 4.98 Å². The molecule has 0 aliphatic carbocycles. The highest BCUT2D eigenvalue weighted by atomic mass is 32.2. The number of nitrogens with zero attached hydrogens (tertiary/aromatic N) is 1. The molecule has 6 rings (SSSR count). The molecule has 1 nitrogen and oxygen atoms in total. The van der Waals surface area contributed by atoms with Crippen LogP contribution in [0.25, 0.3) is 43.6 Å². The zero-order valence-corrected chi connectivity index (χ0v) is 22.4. The number of benzene rings is 4. The smallest absolute Gasteiger partial charge is 0.0840 e. The van der Waals surface area contributed by atoms with Gasteiger partial charge in [-0.2, -0.15) is 0 Å². The van der Waals surface area contributed by atoms with E-state index in [-0.39, 0.29) is 10.8 Å². The van der Waals surface area contributed by atoms with Crippen LogP contribution in [0.1, 0.15) is 54.0 Å². The third-order valence-corrected chi connectivity index (χ3v) is 8.06. The zero-order valence-electron chi connectivity index (χ0n) is 22.5. The largest absolute Gasteiger partial charge is 0.256 e. The van der Waals surface area contributed by atoms with E-state index in [9.17, 15) is 0 Å². The Morgan fingerprint density at radius 1 is 0.771 bits per heavy atom. The van der Waals surface area contributed by atoms with Gasteiger partial charge in [0.15, 0.2) is 0 Å². The number of rotatable bonds is 2. The van der Waals surface area contributed by atoms with Crippen LogP contribution in [0.3, 0.4) is 0 Å². The maximum Gasteiger partial charge on any atom is 0.0840 e. The first-order valence-electron chi connectivity index (χ1n) is 13.1. The number of aromatic nitrogens is 1. The average Bonchev–Trinajstić information content (AvgIpc) is 2.77. The fourth-order valence-corrected chi connectivity index (χ4v) is 6.86. The van der Waals surface area contributed by atoms with Gasteiger partial charge in [0.2, 0.25) is 0 Å². The number of fused-ring (bicyclic) bond motifs is 5. The van der Waals surface area contributed by atoms with Crippen molar-refractivity contribution in [3.8, 4) is 11.3 Å². The van der Waals surface area contributed by atoms with E-state index in [0.29, 0.717) is 6.17 Å². The molecule has 1 aromatic heterocycles. The lowest BCUT2D eigenvalue weighted by Gasteiger charge is -2.27.